The fourth-order valence-electron chi connectivity index (χ4n) is 0. The van der Waals surface area contributed by atoms with Gasteiger partial charge in [0.1, 0.15) is 0 Å². The first-order valence-electron chi connectivity index (χ1n) is 0.183. The van der Waals surface area contributed by atoms with Gasteiger partial charge >= 0.3 is 24.3 Å². The Labute approximate surface area is 61.4 Å². The molecule has 0 aliphatic rings. The summed E-state index contributed by atoms with van der Waals surface area (Å²) in [6.45, 7) is 0. The van der Waals surface area contributed by atoms with Crippen LogP contribution in [0.4, 0.5) is 0 Å². The molecule has 0 aromatic carbocycles. The fraction of sp³-hybridized carbons (Fsp3) is 0. The van der Waals surface area contributed by atoms with Gasteiger partial charge in [-0.2, -0.15) is 0 Å². The molecular weight excluding hydrogens is 351 g/mol. The van der Waals surface area contributed by atoms with Crippen molar-refractivity contribution in [1.82, 2.24) is 0 Å². The molecule has 0 spiro atoms. The molecule has 0 aromatic rings. The Bertz CT molecular complexity index is 8.00. The Balaban J connectivity index is -0.00000000500. The van der Waals surface area contributed by atoms with E-state index in [2.05, 4.69) is 0 Å². The largest absolute Gasteiger partial charge is 0 e. The van der Waals surface area contributed by atoms with Crippen LogP contribution in [0.15, 0.2) is 0 Å². The normalized spacial score (nSPS) is 0.750. The molecule has 0 amide bonds. The third kappa shape index (κ3) is 9.30. The van der Waals surface area contributed by atoms with E-state index in [-0.39, 0.29) is 37.6 Å². The van der Waals surface area contributed by atoms with Crippen LogP contribution in [0.3, 0.4) is 0 Å². The van der Waals surface area contributed by atoms with E-state index in [0.717, 1.165) is 0 Å². The fourth-order valence-corrected chi connectivity index (χ4v) is 0. The second kappa shape index (κ2) is 22.1. The van der Waals surface area contributed by atoms with Gasteiger partial charge in [-0.05, 0) is 0 Å². The van der Waals surface area contributed by atoms with Crippen molar-refractivity contribution < 1.29 is 61.8 Å². The van der Waals surface area contributed by atoms with Crippen molar-refractivity contribution in [2.75, 3.05) is 0 Å². The topological polar surface area (TPSA) is 17.1 Å². The molecule has 0 radical (unpaired) electrons. The minimum Gasteiger partial charge on any atom is 0 e. The number of hydrogen-bond donors (Lipinski definition) is 0. The summed E-state index contributed by atoms with van der Waals surface area (Å²) in [7, 11) is 0. The maximum absolute atomic E-state index is 8.30. The summed E-state index contributed by atoms with van der Waals surface area (Å²) in [5.41, 5.74) is 0. The summed E-state index contributed by atoms with van der Waals surface area (Å²) in [6.07, 6.45) is 0. The van der Waals surface area contributed by atoms with Gasteiger partial charge in [0.2, 0.25) is 0 Å². The van der Waals surface area contributed by atoms with Crippen molar-refractivity contribution in [1.29, 1.82) is 0 Å². The molecule has 0 rings (SSSR count). The Morgan fingerprint density at radius 2 is 1.25 bits per heavy atom. The predicted octanol–water partition coefficient (Wildman–Crippen LogP) is -0.126. The molecular formula is NbNiOW. The van der Waals surface area contributed by atoms with E-state index in [4.69, 9.17) is 3.25 Å². The van der Waals surface area contributed by atoms with Crippen LogP contribution in [0.2, 0.25) is 0 Å². The summed E-state index contributed by atoms with van der Waals surface area (Å²) >= 11 is 0.500. The van der Waals surface area contributed by atoms with Crippen molar-refractivity contribution in [3.05, 3.63) is 0 Å². The Morgan fingerprint density at radius 1 is 1.25 bits per heavy atom. The van der Waals surface area contributed by atoms with Gasteiger partial charge in [-0.3, -0.25) is 0 Å². The van der Waals surface area contributed by atoms with Crippen LogP contribution < -0.4 is 0 Å². The zero-order chi connectivity index (χ0) is 2.00. The molecule has 0 aromatic heterocycles. The SMILES string of the molecule is [Ni].[O]=[Nb].[W]. The quantitative estimate of drug-likeness (QED) is 0.556. The van der Waals surface area contributed by atoms with Crippen LogP contribution in [0.5, 0.6) is 0 Å². The molecule has 0 saturated heterocycles. The molecule has 4 heavy (non-hydrogen) atoms. The smallest absolute Gasteiger partial charge is 0 e. The second-order valence-corrected chi connectivity index (χ2v) is 0. The second-order valence-electron chi connectivity index (χ2n) is 0. The van der Waals surface area contributed by atoms with E-state index in [1.807, 2.05) is 0 Å². The summed E-state index contributed by atoms with van der Waals surface area (Å²) in [4.78, 5) is 0. The third-order valence-corrected chi connectivity index (χ3v) is 0. The molecule has 0 heterocycles. The minimum absolute atomic E-state index is 0. The van der Waals surface area contributed by atoms with Crippen molar-refractivity contribution >= 4 is 0 Å². The maximum Gasteiger partial charge on any atom is 0 e. The van der Waals surface area contributed by atoms with Crippen LogP contribution in [0.25, 0.3) is 0 Å². The summed E-state index contributed by atoms with van der Waals surface area (Å²) < 4.78 is 8.30. The van der Waals surface area contributed by atoms with Gasteiger partial charge in [-0.1, -0.05) is 0 Å². The van der Waals surface area contributed by atoms with Gasteiger partial charge in [-0.15, -0.1) is 0 Å². The molecule has 0 bridgehead atoms. The van der Waals surface area contributed by atoms with Crippen LogP contribution in [-0.4, -0.2) is 0 Å². The van der Waals surface area contributed by atoms with Gasteiger partial charge in [-0.25, -0.2) is 0 Å². The standard InChI is InChI=1S/Nb.Ni.O.W. The summed E-state index contributed by atoms with van der Waals surface area (Å²) in [5, 5.41) is 0. The first kappa shape index (κ1) is 17.2. The van der Waals surface area contributed by atoms with Crippen LogP contribution in [0, 0.1) is 0 Å². The first-order valence-corrected chi connectivity index (χ1v) is 1.08. The van der Waals surface area contributed by atoms with Gasteiger partial charge in [0.25, 0.3) is 0 Å². The van der Waals surface area contributed by atoms with Crippen molar-refractivity contribution in [2.45, 2.75) is 0 Å². The summed E-state index contributed by atoms with van der Waals surface area (Å²) in [5.74, 6) is 0. The van der Waals surface area contributed by atoms with E-state index in [1.165, 1.54) is 0 Å². The molecule has 0 atom stereocenters. The van der Waals surface area contributed by atoms with Crippen LogP contribution in [-0.2, 0) is 61.8 Å². The molecule has 0 aliphatic carbocycles. The molecule has 0 N–H and O–H groups in total. The minimum atomic E-state index is 0. The Hall–Kier alpha value is 1.72. The zero-order valence-electron chi connectivity index (χ0n) is 1.58. The van der Waals surface area contributed by atoms with Gasteiger partial charge in [0, 0.05) is 37.6 Å². The van der Waals surface area contributed by atoms with E-state index in [1.54, 1.807) is 0 Å². The molecule has 0 fully saturated rings. The first-order chi connectivity index (χ1) is 1.00. The number of hydrogen-bond acceptors (Lipinski definition) is 1. The summed E-state index contributed by atoms with van der Waals surface area (Å²) in [6, 6.07) is 0. The molecule has 27 valence electrons. The van der Waals surface area contributed by atoms with Crippen molar-refractivity contribution in [3.8, 4) is 0 Å². The van der Waals surface area contributed by atoms with Crippen molar-refractivity contribution in [3.63, 3.8) is 0 Å². The monoisotopic (exact) mass is 351 g/mol. The molecule has 4 heteroatoms. The molecule has 0 unspecified atom stereocenters. The van der Waals surface area contributed by atoms with Gasteiger partial charge < -0.3 is 0 Å². The van der Waals surface area contributed by atoms with Crippen molar-refractivity contribution in [2.24, 2.45) is 0 Å². The predicted molar refractivity (Wildman–Crippen MR) is 0.686 cm³/mol. The Morgan fingerprint density at radius 3 is 1.25 bits per heavy atom. The third-order valence-electron chi connectivity index (χ3n) is 0. The zero-order valence-corrected chi connectivity index (χ0v) is 7.70. The van der Waals surface area contributed by atoms with E-state index >= 15 is 0 Å². The van der Waals surface area contributed by atoms with E-state index in [0.29, 0.717) is 21.0 Å². The molecule has 0 aliphatic heterocycles. The maximum atomic E-state index is 8.30. The van der Waals surface area contributed by atoms with E-state index < -0.39 is 0 Å². The van der Waals surface area contributed by atoms with Gasteiger partial charge in [0.15, 0.2) is 0 Å². The van der Waals surface area contributed by atoms with E-state index in [9.17, 15) is 0 Å². The average Bonchev–Trinajstić information content (AvgIpc) is 1.00. The van der Waals surface area contributed by atoms with Crippen LogP contribution in [0.1, 0.15) is 0 Å². The Kier molecular flexibility index (Phi) is 95.0. The van der Waals surface area contributed by atoms with Gasteiger partial charge in [0.05, 0.1) is 0 Å². The van der Waals surface area contributed by atoms with Crippen LogP contribution >= 0.6 is 0 Å². The number of rotatable bonds is 0. The molecule has 1 nitrogen and oxygen atoms in total. The average molecular weight is 351 g/mol. The molecule has 0 saturated carbocycles.